The van der Waals surface area contributed by atoms with Crippen LogP contribution in [0.2, 0.25) is 0 Å². The Kier molecular flexibility index (Phi) is 3.29. The maximum absolute atomic E-state index is 5.44. The molecule has 0 amide bonds. The second-order valence-corrected chi connectivity index (χ2v) is 3.60. The molecule has 0 saturated carbocycles. The number of nitrogens with zero attached hydrogens (tertiary/aromatic N) is 1. The topological polar surface area (TPSA) is 21.6 Å². The number of hydrogen-bond donors (Lipinski definition) is 0. The summed E-state index contributed by atoms with van der Waals surface area (Å²) < 4.78 is 5.44. The summed E-state index contributed by atoms with van der Waals surface area (Å²) in [7, 11) is 0. The summed E-state index contributed by atoms with van der Waals surface area (Å²) in [5, 5.41) is 0. The van der Waals surface area contributed by atoms with Crippen LogP contribution in [-0.2, 0) is 4.74 Å². The van der Waals surface area contributed by atoms with E-state index in [-0.39, 0.29) is 0 Å². The average Bonchev–Trinajstić information content (AvgIpc) is 2.16. The first-order chi connectivity index (χ1) is 6.20. The van der Waals surface area contributed by atoms with Crippen LogP contribution in [-0.4, -0.2) is 13.3 Å². The summed E-state index contributed by atoms with van der Waals surface area (Å²) in [6.07, 6.45) is 2.75. The van der Waals surface area contributed by atoms with Gasteiger partial charge < -0.3 is 4.74 Å². The number of hydrogen-bond acceptors (Lipinski definition) is 2. The van der Waals surface area contributed by atoms with E-state index in [9.17, 15) is 0 Å². The van der Waals surface area contributed by atoms with Crippen LogP contribution in [0.1, 0.15) is 20.3 Å². The van der Waals surface area contributed by atoms with Gasteiger partial charge in [0.1, 0.15) is 5.76 Å². The number of rotatable bonds is 3. The van der Waals surface area contributed by atoms with Crippen LogP contribution in [0.5, 0.6) is 0 Å². The molecule has 13 heavy (non-hydrogen) atoms. The summed E-state index contributed by atoms with van der Waals surface area (Å²) in [6, 6.07) is 0. The first-order valence-corrected chi connectivity index (χ1v) is 4.66. The van der Waals surface area contributed by atoms with Crippen LogP contribution in [0.25, 0.3) is 0 Å². The number of allylic oxidation sites excluding steroid dienone is 2. The third-order valence-electron chi connectivity index (χ3n) is 2.45. The highest BCUT2D eigenvalue weighted by atomic mass is 16.5. The lowest BCUT2D eigenvalue weighted by molar-refractivity contribution is 0.161. The summed E-state index contributed by atoms with van der Waals surface area (Å²) in [6.45, 7) is 12.4. The molecule has 0 bridgehead atoms. The minimum absolute atomic E-state index is 0.472. The second kappa shape index (κ2) is 4.26. The Morgan fingerprint density at radius 2 is 2.31 bits per heavy atom. The van der Waals surface area contributed by atoms with Gasteiger partial charge >= 0.3 is 0 Å². The van der Waals surface area contributed by atoms with Crippen LogP contribution in [0.3, 0.4) is 0 Å². The van der Waals surface area contributed by atoms with E-state index in [0.29, 0.717) is 11.8 Å². The standard InChI is InChI=1S/C11H17NO/c1-5-10-11(12-4)9(8(2)3)6-7-13-10/h5,8-9H,1,4,6-7H2,2-3H3. The molecule has 1 aliphatic rings. The molecule has 0 fully saturated rings. The van der Waals surface area contributed by atoms with Crippen LogP contribution < -0.4 is 0 Å². The third-order valence-corrected chi connectivity index (χ3v) is 2.45. The van der Waals surface area contributed by atoms with Crippen molar-refractivity contribution >= 4 is 6.72 Å². The minimum Gasteiger partial charge on any atom is -0.492 e. The highest BCUT2D eigenvalue weighted by molar-refractivity contribution is 5.34. The Morgan fingerprint density at radius 1 is 1.62 bits per heavy atom. The maximum Gasteiger partial charge on any atom is 0.140 e. The first-order valence-electron chi connectivity index (χ1n) is 4.66. The van der Waals surface area contributed by atoms with Gasteiger partial charge in [0.05, 0.1) is 12.3 Å². The van der Waals surface area contributed by atoms with E-state index >= 15 is 0 Å². The highest BCUT2D eigenvalue weighted by Gasteiger charge is 2.24. The average molecular weight is 179 g/mol. The lowest BCUT2D eigenvalue weighted by Gasteiger charge is -2.27. The molecule has 0 spiro atoms. The normalized spacial score (nSPS) is 22.8. The second-order valence-electron chi connectivity index (χ2n) is 3.60. The van der Waals surface area contributed by atoms with Crippen molar-refractivity contribution in [1.29, 1.82) is 0 Å². The summed E-state index contributed by atoms with van der Waals surface area (Å²) in [5.74, 6) is 1.86. The van der Waals surface area contributed by atoms with Crippen LogP contribution in [0.15, 0.2) is 29.1 Å². The van der Waals surface area contributed by atoms with Gasteiger partial charge in [0.25, 0.3) is 0 Å². The van der Waals surface area contributed by atoms with Gasteiger partial charge in [-0.15, -0.1) is 0 Å². The van der Waals surface area contributed by atoms with Gasteiger partial charge in [0, 0.05) is 5.92 Å². The van der Waals surface area contributed by atoms with Gasteiger partial charge in [-0.2, -0.15) is 0 Å². The lowest BCUT2D eigenvalue weighted by atomic mass is 9.88. The minimum atomic E-state index is 0.472. The van der Waals surface area contributed by atoms with Crippen molar-refractivity contribution in [2.75, 3.05) is 6.61 Å². The van der Waals surface area contributed by atoms with Crippen molar-refractivity contribution in [1.82, 2.24) is 0 Å². The van der Waals surface area contributed by atoms with E-state index in [1.165, 1.54) is 0 Å². The summed E-state index contributed by atoms with van der Waals surface area (Å²) >= 11 is 0. The predicted octanol–water partition coefficient (Wildman–Crippen LogP) is 2.78. The molecule has 1 atom stereocenters. The van der Waals surface area contributed by atoms with Crippen LogP contribution in [0.4, 0.5) is 0 Å². The quantitative estimate of drug-likeness (QED) is 0.610. The maximum atomic E-state index is 5.44. The molecule has 0 saturated heterocycles. The highest BCUT2D eigenvalue weighted by Crippen LogP contribution is 2.32. The Morgan fingerprint density at radius 3 is 2.77 bits per heavy atom. The number of ether oxygens (including phenoxy) is 1. The van der Waals surface area contributed by atoms with Crippen molar-refractivity contribution in [3.63, 3.8) is 0 Å². The largest absolute Gasteiger partial charge is 0.492 e. The zero-order chi connectivity index (χ0) is 9.84. The Hall–Kier alpha value is -1.05. The van der Waals surface area contributed by atoms with Gasteiger partial charge in [-0.3, -0.25) is 4.99 Å². The Labute approximate surface area is 80.0 Å². The van der Waals surface area contributed by atoms with Crippen molar-refractivity contribution in [3.05, 3.63) is 24.1 Å². The molecule has 0 N–H and O–H groups in total. The fourth-order valence-corrected chi connectivity index (χ4v) is 1.70. The molecule has 2 nitrogen and oxygen atoms in total. The van der Waals surface area contributed by atoms with Crippen molar-refractivity contribution in [2.24, 2.45) is 16.8 Å². The monoisotopic (exact) mass is 179 g/mol. The molecule has 1 rings (SSSR count). The van der Waals surface area contributed by atoms with Gasteiger partial charge in [0.2, 0.25) is 0 Å². The number of aliphatic imine (C=N–C) groups is 1. The van der Waals surface area contributed by atoms with Crippen LogP contribution >= 0.6 is 0 Å². The molecule has 72 valence electrons. The zero-order valence-electron chi connectivity index (χ0n) is 8.42. The molecule has 0 aromatic rings. The molecule has 0 aromatic carbocycles. The van der Waals surface area contributed by atoms with Gasteiger partial charge in [-0.05, 0) is 25.1 Å². The van der Waals surface area contributed by atoms with Crippen molar-refractivity contribution in [3.8, 4) is 0 Å². The van der Waals surface area contributed by atoms with E-state index < -0.39 is 0 Å². The van der Waals surface area contributed by atoms with Crippen molar-refractivity contribution in [2.45, 2.75) is 20.3 Å². The molecule has 0 aromatic heterocycles. The molecular weight excluding hydrogens is 162 g/mol. The molecule has 1 unspecified atom stereocenters. The van der Waals surface area contributed by atoms with Crippen LogP contribution in [0, 0.1) is 11.8 Å². The Bertz CT molecular complexity index is 240. The molecule has 1 heterocycles. The smallest absolute Gasteiger partial charge is 0.140 e. The van der Waals surface area contributed by atoms with Gasteiger partial charge in [-0.25, -0.2) is 0 Å². The van der Waals surface area contributed by atoms with E-state index in [2.05, 4.69) is 32.1 Å². The van der Waals surface area contributed by atoms with E-state index in [1.807, 2.05) is 0 Å². The van der Waals surface area contributed by atoms with Gasteiger partial charge in [-0.1, -0.05) is 20.4 Å². The zero-order valence-corrected chi connectivity index (χ0v) is 8.42. The lowest BCUT2D eigenvalue weighted by Crippen LogP contribution is -2.20. The van der Waals surface area contributed by atoms with E-state index in [4.69, 9.17) is 4.74 Å². The molecule has 2 heteroatoms. The first kappa shape index (κ1) is 10.0. The SMILES string of the molecule is C=CC1=C(N=C)C(C(C)C)CCO1. The predicted molar refractivity (Wildman–Crippen MR) is 55.7 cm³/mol. The Balaban J connectivity index is 2.98. The molecular formula is C11H17NO. The van der Waals surface area contributed by atoms with Crippen molar-refractivity contribution < 1.29 is 4.74 Å². The fraction of sp³-hybridized carbons (Fsp3) is 0.545. The molecule has 0 radical (unpaired) electrons. The van der Waals surface area contributed by atoms with Gasteiger partial charge in [0.15, 0.2) is 0 Å². The molecule has 0 aliphatic carbocycles. The molecule has 1 aliphatic heterocycles. The van der Waals surface area contributed by atoms with E-state index in [1.54, 1.807) is 6.08 Å². The van der Waals surface area contributed by atoms with E-state index in [0.717, 1.165) is 24.5 Å². The summed E-state index contributed by atoms with van der Waals surface area (Å²) in [4.78, 5) is 4.04. The fourth-order valence-electron chi connectivity index (χ4n) is 1.70. The third kappa shape index (κ3) is 2.00. The summed E-state index contributed by atoms with van der Waals surface area (Å²) in [5.41, 5.74) is 0.969.